The molecule has 9 heteroatoms. The molecule has 4 heterocycles. The van der Waals surface area contributed by atoms with Gasteiger partial charge in [-0.25, -0.2) is 0 Å². The summed E-state index contributed by atoms with van der Waals surface area (Å²) >= 11 is 0. The van der Waals surface area contributed by atoms with Crippen LogP contribution >= 0.6 is 0 Å². The third-order valence-electron chi connectivity index (χ3n) is 9.39. The highest BCUT2D eigenvalue weighted by atomic mass is 16.5. The van der Waals surface area contributed by atoms with E-state index in [2.05, 4.69) is 60.7 Å². The first-order valence-electron chi connectivity index (χ1n) is 14.5. The van der Waals surface area contributed by atoms with E-state index in [-0.39, 0.29) is 18.4 Å². The number of carbonyl (C=O) groups is 1. The predicted octanol–water partition coefficient (Wildman–Crippen LogP) is 3.48. The number of carbonyl (C=O) groups excluding carboxylic acids is 1. The van der Waals surface area contributed by atoms with E-state index in [1.807, 2.05) is 0 Å². The van der Waals surface area contributed by atoms with Crippen molar-refractivity contribution in [2.24, 2.45) is 5.92 Å². The molecule has 40 heavy (non-hydrogen) atoms. The first-order chi connectivity index (χ1) is 19.4. The van der Waals surface area contributed by atoms with Gasteiger partial charge in [-0.15, -0.1) is 0 Å². The minimum Gasteiger partial charge on any atom is -0.465 e. The molecule has 0 bridgehead atoms. The van der Waals surface area contributed by atoms with Crippen molar-refractivity contribution in [3.8, 4) is 18.0 Å². The van der Waals surface area contributed by atoms with Crippen molar-refractivity contribution < 1.29 is 14.3 Å². The quantitative estimate of drug-likeness (QED) is 0.512. The van der Waals surface area contributed by atoms with E-state index in [1.54, 1.807) is 4.90 Å². The molecule has 210 valence electrons. The molecule has 1 aromatic heterocycles. The first kappa shape index (κ1) is 26.6. The zero-order valence-corrected chi connectivity index (χ0v) is 23.5. The fourth-order valence-corrected chi connectivity index (χ4v) is 7.10. The molecule has 1 aliphatic carbocycles. The molecule has 6 rings (SSSR count). The number of hydrogen-bond acceptors (Lipinski definition) is 8. The minimum atomic E-state index is -0.420. The number of likely N-dealkylation sites (N-methyl/N-ethyl adjacent to an activating group) is 1. The van der Waals surface area contributed by atoms with Crippen LogP contribution in [0.3, 0.4) is 0 Å². The molecule has 2 aromatic rings. The summed E-state index contributed by atoms with van der Waals surface area (Å²) in [6, 6.07) is 11.3. The van der Waals surface area contributed by atoms with Crippen molar-refractivity contribution in [2.45, 2.75) is 63.1 Å². The zero-order valence-electron chi connectivity index (χ0n) is 23.5. The van der Waals surface area contributed by atoms with Crippen molar-refractivity contribution in [1.29, 1.82) is 5.26 Å². The maximum atomic E-state index is 12.5. The smallest absolute Gasteiger partial charge is 0.321 e. The highest BCUT2D eigenvalue weighted by Gasteiger charge is 2.50. The van der Waals surface area contributed by atoms with Crippen molar-refractivity contribution in [1.82, 2.24) is 19.8 Å². The summed E-state index contributed by atoms with van der Waals surface area (Å²) in [7, 11) is 2.13. The van der Waals surface area contributed by atoms with E-state index in [0.29, 0.717) is 50.1 Å². The Kier molecular flexibility index (Phi) is 7.13. The monoisotopic (exact) mass is 542 g/mol. The van der Waals surface area contributed by atoms with E-state index in [1.165, 1.54) is 17.2 Å². The average Bonchev–Trinajstić information content (AvgIpc) is 3.50. The standard InChI is InChI=1S/C31H38N6O3/c1-4-27(38)37-17-16-36(19-23(37)12-14-32)28-25-11-13-31(21(2)18-22-8-5-6-10-26(22)31)40-29(25)34-30(33-28)39-20-24-9-7-15-35(24)3/h4-6,8,10,21,23-24H,1,7,9,11-13,15-20H2,2-3H3/t21-,23-,24-,31-/m0/s1. The number of likely N-dealkylation sites (tertiary alicyclic amines) is 1. The number of fused-ring (bicyclic) bond motifs is 3. The van der Waals surface area contributed by atoms with Crippen LogP contribution in [0, 0.1) is 17.2 Å². The minimum absolute atomic E-state index is 0.145. The second-order valence-corrected chi connectivity index (χ2v) is 11.7. The topological polar surface area (TPSA) is 94.8 Å². The van der Waals surface area contributed by atoms with E-state index in [4.69, 9.17) is 19.4 Å². The van der Waals surface area contributed by atoms with Crippen LogP contribution in [0.25, 0.3) is 0 Å². The summed E-state index contributed by atoms with van der Waals surface area (Å²) in [5.41, 5.74) is 3.16. The van der Waals surface area contributed by atoms with Gasteiger partial charge in [0.15, 0.2) is 0 Å². The van der Waals surface area contributed by atoms with E-state index in [0.717, 1.165) is 50.0 Å². The van der Waals surface area contributed by atoms with E-state index < -0.39 is 5.60 Å². The summed E-state index contributed by atoms with van der Waals surface area (Å²) in [6.07, 6.45) is 6.44. The third-order valence-corrected chi connectivity index (χ3v) is 9.39. The number of amides is 1. The lowest BCUT2D eigenvalue weighted by molar-refractivity contribution is -0.128. The fraction of sp³-hybridized carbons (Fsp3) is 0.548. The molecule has 1 aromatic carbocycles. The number of anilines is 1. The van der Waals surface area contributed by atoms with Crippen LogP contribution in [0.15, 0.2) is 36.9 Å². The maximum absolute atomic E-state index is 12.5. The molecule has 3 aliphatic heterocycles. The molecular formula is C31H38N6O3. The third kappa shape index (κ3) is 4.58. The number of aromatic nitrogens is 2. The normalized spacial score (nSPS) is 27.6. The fourth-order valence-electron chi connectivity index (χ4n) is 7.10. The van der Waals surface area contributed by atoms with Crippen LogP contribution in [-0.4, -0.2) is 77.6 Å². The van der Waals surface area contributed by atoms with Crippen LogP contribution in [0.5, 0.6) is 11.9 Å². The van der Waals surface area contributed by atoms with Crippen LogP contribution < -0.4 is 14.4 Å². The number of piperazine rings is 1. The van der Waals surface area contributed by atoms with Gasteiger partial charge in [-0.3, -0.25) is 4.79 Å². The summed E-state index contributed by atoms with van der Waals surface area (Å²) in [5.74, 6) is 1.56. The molecule has 1 amide bonds. The van der Waals surface area contributed by atoms with Gasteiger partial charge in [0.1, 0.15) is 18.0 Å². The van der Waals surface area contributed by atoms with Crippen molar-refractivity contribution in [3.05, 3.63) is 53.6 Å². The van der Waals surface area contributed by atoms with Crippen molar-refractivity contribution in [3.63, 3.8) is 0 Å². The van der Waals surface area contributed by atoms with Gasteiger partial charge in [0.05, 0.1) is 24.1 Å². The largest absolute Gasteiger partial charge is 0.465 e. The summed E-state index contributed by atoms with van der Waals surface area (Å²) in [4.78, 5) is 28.6. The molecule has 2 fully saturated rings. The Morgan fingerprint density at radius 1 is 1.27 bits per heavy atom. The number of nitrogens with zero attached hydrogens (tertiary/aromatic N) is 6. The summed E-state index contributed by atoms with van der Waals surface area (Å²) in [6.45, 7) is 9.11. The highest BCUT2D eigenvalue weighted by Crippen LogP contribution is 2.51. The summed E-state index contributed by atoms with van der Waals surface area (Å²) < 4.78 is 13.2. The molecule has 0 radical (unpaired) electrons. The van der Waals surface area contributed by atoms with Gasteiger partial charge in [0.2, 0.25) is 11.8 Å². The average molecular weight is 543 g/mol. The van der Waals surface area contributed by atoms with Gasteiger partial charge < -0.3 is 24.2 Å². The SMILES string of the molecule is C=CC(=O)N1CCN(c2nc(OC[C@@H]3CCCN3C)nc3c2CC[C@@]2(O3)c3ccccc3C[C@@H]2C)C[C@@H]1CC#N. The van der Waals surface area contributed by atoms with Crippen molar-refractivity contribution >= 4 is 11.7 Å². The van der Waals surface area contributed by atoms with Gasteiger partial charge in [-0.1, -0.05) is 37.8 Å². The van der Waals surface area contributed by atoms with Crippen LogP contribution in [-0.2, 0) is 23.2 Å². The zero-order chi connectivity index (χ0) is 27.9. The maximum Gasteiger partial charge on any atom is 0.321 e. The predicted molar refractivity (Wildman–Crippen MR) is 151 cm³/mol. The Morgan fingerprint density at radius 2 is 2.12 bits per heavy atom. The molecule has 4 atom stereocenters. The van der Waals surface area contributed by atoms with Gasteiger partial charge >= 0.3 is 6.01 Å². The van der Waals surface area contributed by atoms with Crippen LogP contribution in [0.2, 0.25) is 0 Å². The Morgan fingerprint density at radius 3 is 2.90 bits per heavy atom. The Labute approximate surface area is 236 Å². The lowest BCUT2D eigenvalue weighted by atomic mass is 9.81. The molecule has 4 aliphatic rings. The highest BCUT2D eigenvalue weighted by molar-refractivity contribution is 5.87. The molecule has 1 spiro atoms. The Bertz CT molecular complexity index is 1340. The Hall–Kier alpha value is -3.64. The van der Waals surface area contributed by atoms with Crippen molar-refractivity contribution in [2.75, 3.05) is 44.7 Å². The molecule has 0 N–H and O–H groups in total. The second kappa shape index (κ2) is 10.7. The van der Waals surface area contributed by atoms with Gasteiger partial charge in [-0.2, -0.15) is 15.2 Å². The van der Waals surface area contributed by atoms with E-state index >= 15 is 0 Å². The van der Waals surface area contributed by atoms with Gasteiger partial charge in [0.25, 0.3) is 0 Å². The Balaban J connectivity index is 1.35. The first-order valence-corrected chi connectivity index (χ1v) is 14.5. The number of benzene rings is 1. The lowest BCUT2D eigenvalue weighted by Gasteiger charge is -2.43. The van der Waals surface area contributed by atoms with E-state index in [9.17, 15) is 10.1 Å². The van der Waals surface area contributed by atoms with Crippen LogP contribution in [0.1, 0.15) is 49.3 Å². The number of rotatable bonds is 6. The molecule has 2 saturated heterocycles. The number of ether oxygens (including phenoxy) is 2. The van der Waals surface area contributed by atoms with Crippen LogP contribution in [0.4, 0.5) is 5.82 Å². The number of nitriles is 1. The summed E-state index contributed by atoms with van der Waals surface area (Å²) in [5, 5.41) is 9.50. The van der Waals surface area contributed by atoms with Gasteiger partial charge in [0, 0.05) is 31.6 Å². The number of hydrogen-bond donors (Lipinski definition) is 0. The molecule has 9 nitrogen and oxygen atoms in total. The molecule has 0 saturated carbocycles. The second-order valence-electron chi connectivity index (χ2n) is 11.7. The van der Waals surface area contributed by atoms with Gasteiger partial charge in [-0.05, 0) is 62.9 Å². The molecular weight excluding hydrogens is 504 g/mol. The lowest BCUT2D eigenvalue weighted by Crippen LogP contribution is -2.55. The molecule has 0 unspecified atom stereocenters.